The van der Waals surface area contributed by atoms with Gasteiger partial charge < -0.3 is 4.57 Å². The number of benzene rings is 2. The van der Waals surface area contributed by atoms with Crippen LogP contribution in [0.1, 0.15) is 17.7 Å². The van der Waals surface area contributed by atoms with Gasteiger partial charge in [0.15, 0.2) is 0 Å². The molecule has 1 aliphatic rings. The number of halogens is 2. The number of aromatic nitrogens is 1. The molecule has 4 aromatic rings. The molecule has 0 atom stereocenters. The standard InChI is InChI=1S/C19H16N.C5H5.2FH.Zr/c1-13-14(2)20(19-10-6-5-9-18(13)19)17-11-15-7-3-4-8-16(15)12-17;1-2-4-5-3-1;;;/h3-12H,1-2H3;1-3H,4H2;2*1H;/q2*-1;;;+4/p-2. The summed E-state index contributed by atoms with van der Waals surface area (Å²) in [6, 6.07) is 21.7. The minimum absolute atomic E-state index is 1.01. The third kappa shape index (κ3) is 4.44. The van der Waals surface area contributed by atoms with Gasteiger partial charge in [-0.05, 0) is 31.2 Å². The van der Waals surface area contributed by atoms with Crippen LogP contribution in [0.4, 0.5) is 5.25 Å². The maximum atomic E-state index is 9.80. The van der Waals surface area contributed by atoms with E-state index >= 15 is 0 Å². The Kier molecular flexibility index (Phi) is 7.22. The van der Waals surface area contributed by atoms with Crippen LogP contribution >= 0.6 is 0 Å². The summed E-state index contributed by atoms with van der Waals surface area (Å²) in [7, 11) is 0. The van der Waals surface area contributed by atoms with Crippen molar-refractivity contribution in [2.75, 3.05) is 0 Å². The number of hydrogen-bond donors (Lipinski definition) is 0. The van der Waals surface area contributed by atoms with Crippen LogP contribution in [0.25, 0.3) is 27.4 Å². The Hall–Kier alpha value is -2.19. The van der Waals surface area contributed by atoms with Crippen molar-refractivity contribution >= 4 is 21.7 Å². The summed E-state index contributed by atoms with van der Waals surface area (Å²) < 4.78 is 22.0. The topological polar surface area (TPSA) is 4.93 Å². The fraction of sp³-hybridized carbons (Fsp3) is 0.125. The quantitative estimate of drug-likeness (QED) is 0.268. The Balaban J connectivity index is 0.000000238. The van der Waals surface area contributed by atoms with Crippen LogP contribution in [0, 0.1) is 19.9 Å². The van der Waals surface area contributed by atoms with Gasteiger partial charge in [-0.2, -0.15) is 6.08 Å². The summed E-state index contributed by atoms with van der Waals surface area (Å²) in [5.41, 5.74) is 5.23. The van der Waals surface area contributed by atoms with Crippen molar-refractivity contribution in [1.29, 1.82) is 0 Å². The van der Waals surface area contributed by atoms with Crippen LogP contribution in [0.5, 0.6) is 0 Å². The van der Waals surface area contributed by atoms with Crippen molar-refractivity contribution in [3.8, 4) is 5.69 Å². The first kappa shape index (κ1) is 20.5. The zero-order valence-electron chi connectivity index (χ0n) is 15.9. The minimum atomic E-state index is -2.77. The van der Waals surface area contributed by atoms with Crippen LogP contribution in [0.3, 0.4) is 0 Å². The molecule has 0 fully saturated rings. The molecule has 0 saturated heterocycles. The SMILES string of the molecule is Cc1c(C)n(-c2cc3ccccc3[cH-]2)c2ccccc12.[C-]1=CC=CC1.[F][Zr+2][F]. The van der Waals surface area contributed by atoms with Gasteiger partial charge in [0, 0.05) is 11.1 Å². The van der Waals surface area contributed by atoms with Crippen LogP contribution in [-0.4, -0.2) is 4.57 Å². The number of fused-ring (bicyclic) bond motifs is 2. The maximum absolute atomic E-state index is 9.80. The fourth-order valence-electron chi connectivity index (χ4n) is 3.47. The molecule has 0 unspecified atom stereocenters. The van der Waals surface area contributed by atoms with E-state index < -0.39 is 24.5 Å². The average Bonchev–Trinajstić information content (AvgIpc) is 3.45. The third-order valence-electron chi connectivity index (χ3n) is 4.87. The molecular weight excluding hydrogens is 431 g/mol. The van der Waals surface area contributed by atoms with Gasteiger partial charge in [-0.25, -0.2) is 12.2 Å². The summed E-state index contributed by atoms with van der Waals surface area (Å²) in [6.45, 7) is 4.41. The Morgan fingerprint density at radius 1 is 1.04 bits per heavy atom. The summed E-state index contributed by atoms with van der Waals surface area (Å²) >= 11 is -2.77. The van der Waals surface area contributed by atoms with Crippen molar-refractivity contribution in [3.63, 3.8) is 0 Å². The van der Waals surface area contributed by atoms with E-state index in [1.165, 1.54) is 38.6 Å². The second-order valence-electron chi connectivity index (χ2n) is 6.48. The van der Waals surface area contributed by atoms with E-state index in [4.69, 9.17) is 0 Å². The molecule has 4 heteroatoms. The summed E-state index contributed by atoms with van der Waals surface area (Å²) in [5.74, 6) is 0. The van der Waals surface area contributed by atoms with Crippen molar-refractivity contribution in [1.82, 2.24) is 4.57 Å². The molecule has 140 valence electrons. The molecule has 0 saturated carbocycles. The summed E-state index contributed by atoms with van der Waals surface area (Å²) in [6.07, 6.45) is 10.0. The number of aryl methyl sites for hydroxylation is 1. The molecule has 28 heavy (non-hydrogen) atoms. The van der Waals surface area contributed by atoms with Gasteiger partial charge in [-0.3, -0.25) is 6.08 Å². The Labute approximate surface area is 177 Å². The van der Waals surface area contributed by atoms with E-state index in [0.717, 1.165) is 6.42 Å². The molecule has 0 spiro atoms. The van der Waals surface area contributed by atoms with Crippen LogP contribution in [-0.2, 0) is 24.5 Å². The van der Waals surface area contributed by atoms with Crippen LogP contribution in [0.2, 0.25) is 0 Å². The molecule has 0 amide bonds. The zero-order valence-corrected chi connectivity index (χ0v) is 18.4. The van der Waals surface area contributed by atoms with E-state index in [1.807, 2.05) is 12.2 Å². The second kappa shape index (κ2) is 9.84. The Morgan fingerprint density at radius 3 is 2.39 bits per heavy atom. The summed E-state index contributed by atoms with van der Waals surface area (Å²) in [5, 5.41) is 3.95. The Bertz CT molecular complexity index is 1080. The van der Waals surface area contributed by atoms with Gasteiger partial charge in [0.2, 0.25) is 0 Å². The predicted molar refractivity (Wildman–Crippen MR) is 110 cm³/mol. The first-order chi connectivity index (χ1) is 13.7. The van der Waals surface area contributed by atoms with Crippen molar-refractivity contribution in [2.24, 2.45) is 0 Å². The van der Waals surface area contributed by atoms with E-state index in [1.54, 1.807) is 0 Å². The van der Waals surface area contributed by atoms with E-state index in [0.29, 0.717) is 0 Å². The monoisotopic (exact) mass is 451 g/mol. The fourth-order valence-corrected chi connectivity index (χ4v) is 3.47. The molecule has 1 heterocycles. The normalized spacial score (nSPS) is 11.7. The molecule has 0 aliphatic heterocycles. The van der Waals surface area contributed by atoms with E-state index in [2.05, 4.69) is 91.2 Å². The van der Waals surface area contributed by atoms with Crippen LogP contribution < -0.4 is 0 Å². The average molecular weight is 453 g/mol. The van der Waals surface area contributed by atoms with Crippen LogP contribution in [0.15, 0.2) is 78.9 Å². The molecule has 1 aliphatic carbocycles. The summed E-state index contributed by atoms with van der Waals surface area (Å²) in [4.78, 5) is 0. The first-order valence-electron chi connectivity index (χ1n) is 9.08. The van der Waals surface area contributed by atoms with Gasteiger partial charge in [0.05, 0.1) is 5.52 Å². The van der Waals surface area contributed by atoms with E-state index in [9.17, 15) is 5.25 Å². The predicted octanol–water partition coefficient (Wildman–Crippen LogP) is 7.26. The molecular formula is C24H21F2NZr. The molecule has 1 aromatic heterocycles. The Morgan fingerprint density at radius 2 is 1.75 bits per heavy atom. The molecule has 0 radical (unpaired) electrons. The number of nitrogens with zero attached hydrogens (tertiary/aromatic N) is 1. The number of allylic oxidation sites excluding steroid dienone is 4. The van der Waals surface area contributed by atoms with Gasteiger partial charge in [0.25, 0.3) is 0 Å². The number of rotatable bonds is 1. The van der Waals surface area contributed by atoms with Gasteiger partial charge in [-0.1, -0.05) is 24.3 Å². The van der Waals surface area contributed by atoms with E-state index in [-0.39, 0.29) is 0 Å². The van der Waals surface area contributed by atoms with Gasteiger partial charge in [-0.15, -0.1) is 47.5 Å². The molecule has 3 aromatic carbocycles. The molecule has 0 N–H and O–H groups in total. The van der Waals surface area contributed by atoms with Crippen molar-refractivity contribution < 1.29 is 29.7 Å². The number of hydrogen-bond acceptors (Lipinski definition) is 0. The molecule has 1 nitrogen and oxygen atoms in total. The second-order valence-corrected chi connectivity index (χ2v) is 6.83. The molecule has 0 bridgehead atoms. The van der Waals surface area contributed by atoms with Crippen molar-refractivity contribution in [2.45, 2.75) is 20.3 Å². The van der Waals surface area contributed by atoms with Gasteiger partial charge >= 0.3 is 29.7 Å². The molecule has 5 rings (SSSR count). The number of para-hydroxylation sites is 1. The third-order valence-corrected chi connectivity index (χ3v) is 4.87. The first-order valence-corrected chi connectivity index (χ1v) is 10.9. The van der Waals surface area contributed by atoms with Crippen molar-refractivity contribution in [3.05, 3.63) is 96.2 Å². The zero-order chi connectivity index (χ0) is 19.9. The van der Waals surface area contributed by atoms with Gasteiger partial charge in [0.1, 0.15) is 0 Å².